The number of hydrogen-bond donors (Lipinski definition) is 0. The van der Waals surface area contributed by atoms with Crippen LogP contribution in [0.25, 0.3) is 0 Å². The Bertz CT molecular complexity index is 654. The molecule has 1 aromatic heterocycles. The zero-order valence-electron chi connectivity index (χ0n) is 10.5. The number of carbonyl (C=O) groups excluding carboxylic acids is 1. The van der Waals surface area contributed by atoms with Crippen LogP contribution in [0, 0.1) is 6.92 Å². The van der Waals surface area contributed by atoms with Crippen molar-refractivity contribution in [3.8, 4) is 0 Å². The third-order valence-corrected chi connectivity index (χ3v) is 5.72. The molecule has 1 aliphatic heterocycles. The molecule has 0 bridgehead atoms. The third kappa shape index (κ3) is 2.44. The Morgan fingerprint density at radius 1 is 1.35 bits per heavy atom. The number of amides is 1. The Morgan fingerprint density at radius 2 is 2.05 bits per heavy atom. The predicted molar refractivity (Wildman–Crippen MR) is 86.0 cm³/mol. The first-order valence-corrected chi connectivity index (χ1v) is 8.56. The van der Waals surface area contributed by atoms with Gasteiger partial charge in [0, 0.05) is 21.0 Å². The van der Waals surface area contributed by atoms with Gasteiger partial charge in [-0.25, -0.2) is 4.98 Å². The minimum Gasteiger partial charge on any atom is -0.273 e. The maximum absolute atomic E-state index is 12.2. The summed E-state index contributed by atoms with van der Waals surface area (Å²) in [4.78, 5) is 18.3. The van der Waals surface area contributed by atoms with E-state index in [9.17, 15) is 4.79 Å². The second-order valence-corrected chi connectivity index (χ2v) is 7.05. The van der Waals surface area contributed by atoms with E-state index in [1.165, 1.54) is 23.1 Å². The van der Waals surface area contributed by atoms with Gasteiger partial charge in [-0.1, -0.05) is 29.3 Å². The minimum atomic E-state index is -0.214. The fourth-order valence-electron chi connectivity index (χ4n) is 2.04. The maximum Gasteiger partial charge on any atom is 0.240 e. The molecule has 2 heterocycles. The molecule has 1 aromatic carbocycles. The quantitative estimate of drug-likeness (QED) is 0.801. The SMILES string of the molecule is Cc1csc(N2C(=O)CSC2c2c(Cl)cccc2Cl)n1. The first kappa shape index (κ1) is 14.2. The van der Waals surface area contributed by atoms with Crippen molar-refractivity contribution in [2.75, 3.05) is 10.7 Å². The van der Waals surface area contributed by atoms with Crippen molar-refractivity contribution in [3.63, 3.8) is 0 Å². The number of aryl methyl sites for hydroxylation is 1. The predicted octanol–water partition coefficient (Wildman–Crippen LogP) is 4.54. The van der Waals surface area contributed by atoms with Gasteiger partial charge in [0.25, 0.3) is 0 Å². The Hall–Kier alpha value is -0.750. The summed E-state index contributed by atoms with van der Waals surface area (Å²) in [5.74, 6) is 0.440. The van der Waals surface area contributed by atoms with E-state index in [1.807, 2.05) is 12.3 Å². The Morgan fingerprint density at radius 3 is 2.65 bits per heavy atom. The van der Waals surface area contributed by atoms with Gasteiger partial charge < -0.3 is 0 Å². The summed E-state index contributed by atoms with van der Waals surface area (Å²) in [7, 11) is 0. The molecule has 0 N–H and O–H groups in total. The maximum atomic E-state index is 12.2. The lowest BCUT2D eigenvalue weighted by atomic mass is 10.2. The van der Waals surface area contributed by atoms with Crippen LogP contribution in [0.1, 0.15) is 16.6 Å². The van der Waals surface area contributed by atoms with Crippen molar-refractivity contribution >= 4 is 57.3 Å². The smallest absolute Gasteiger partial charge is 0.240 e. The standard InChI is InChI=1S/C13H10Cl2N2OS2/c1-7-5-20-13(16-7)17-10(18)6-19-12(17)11-8(14)3-2-4-9(11)15/h2-5,12H,6H2,1H3. The largest absolute Gasteiger partial charge is 0.273 e. The lowest BCUT2D eigenvalue weighted by molar-refractivity contribution is -0.115. The molecule has 0 aliphatic carbocycles. The van der Waals surface area contributed by atoms with Crippen LogP contribution in [0.15, 0.2) is 23.6 Å². The van der Waals surface area contributed by atoms with E-state index in [4.69, 9.17) is 23.2 Å². The zero-order chi connectivity index (χ0) is 14.3. The monoisotopic (exact) mass is 344 g/mol. The Kier molecular flexibility index (Phi) is 3.95. The molecule has 0 radical (unpaired) electrons. The number of hydrogen-bond acceptors (Lipinski definition) is 4. The van der Waals surface area contributed by atoms with Crippen molar-refractivity contribution in [2.24, 2.45) is 0 Å². The molecule has 1 amide bonds. The van der Waals surface area contributed by atoms with Crippen LogP contribution >= 0.6 is 46.3 Å². The van der Waals surface area contributed by atoms with E-state index < -0.39 is 0 Å². The average Bonchev–Trinajstić information content (AvgIpc) is 2.96. The molecule has 2 aromatic rings. The summed E-state index contributed by atoms with van der Waals surface area (Å²) >= 11 is 15.5. The van der Waals surface area contributed by atoms with Crippen LogP contribution in [-0.4, -0.2) is 16.6 Å². The summed E-state index contributed by atoms with van der Waals surface area (Å²) in [5, 5.41) is 3.55. The lowest BCUT2D eigenvalue weighted by Gasteiger charge is -2.23. The number of benzene rings is 1. The fourth-order valence-corrected chi connectivity index (χ4v) is 4.92. The number of aromatic nitrogens is 1. The molecule has 1 aliphatic rings. The fraction of sp³-hybridized carbons (Fsp3) is 0.231. The second kappa shape index (κ2) is 5.56. The average molecular weight is 345 g/mol. The van der Waals surface area contributed by atoms with Crippen LogP contribution in [0.5, 0.6) is 0 Å². The van der Waals surface area contributed by atoms with Crippen LogP contribution in [0.2, 0.25) is 10.0 Å². The van der Waals surface area contributed by atoms with Crippen molar-refractivity contribution in [2.45, 2.75) is 12.3 Å². The Balaban J connectivity index is 2.06. The highest BCUT2D eigenvalue weighted by Gasteiger charge is 2.37. The van der Waals surface area contributed by atoms with Crippen LogP contribution in [0.4, 0.5) is 5.13 Å². The lowest BCUT2D eigenvalue weighted by Crippen LogP contribution is -2.28. The normalized spacial score (nSPS) is 18.9. The van der Waals surface area contributed by atoms with Crippen molar-refractivity contribution in [1.29, 1.82) is 0 Å². The molecule has 1 atom stereocenters. The highest BCUT2D eigenvalue weighted by Crippen LogP contribution is 2.46. The van der Waals surface area contributed by atoms with Gasteiger partial charge in [-0.05, 0) is 19.1 Å². The third-order valence-electron chi connectivity index (χ3n) is 2.93. The van der Waals surface area contributed by atoms with Gasteiger partial charge in [0.1, 0.15) is 5.37 Å². The van der Waals surface area contributed by atoms with Crippen LogP contribution < -0.4 is 4.90 Å². The number of anilines is 1. The van der Waals surface area contributed by atoms with Gasteiger partial charge in [0.15, 0.2) is 5.13 Å². The van der Waals surface area contributed by atoms with Gasteiger partial charge in [-0.15, -0.1) is 23.1 Å². The topological polar surface area (TPSA) is 33.2 Å². The number of nitrogens with zero attached hydrogens (tertiary/aromatic N) is 2. The van der Waals surface area contributed by atoms with E-state index >= 15 is 0 Å². The molecule has 1 unspecified atom stereocenters. The first-order chi connectivity index (χ1) is 9.58. The molecule has 1 saturated heterocycles. The summed E-state index contributed by atoms with van der Waals surface area (Å²) in [5.41, 5.74) is 1.68. The zero-order valence-corrected chi connectivity index (χ0v) is 13.6. The molecule has 3 rings (SSSR count). The highest BCUT2D eigenvalue weighted by molar-refractivity contribution is 8.00. The molecular weight excluding hydrogens is 335 g/mol. The first-order valence-electron chi connectivity index (χ1n) is 5.87. The number of thioether (sulfide) groups is 1. The molecular formula is C13H10Cl2N2OS2. The van der Waals surface area contributed by atoms with Crippen molar-refractivity contribution in [1.82, 2.24) is 4.98 Å². The number of thiazole rings is 1. The van der Waals surface area contributed by atoms with Crippen LogP contribution in [0.3, 0.4) is 0 Å². The van der Waals surface area contributed by atoms with E-state index in [2.05, 4.69) is 4.98 Å². The Labute approximate surface area is 134 Å². The molecule has 3 nitrogen and oxygen atoms in total. The van der Waals surface area contributed by atoms with E-state index in [0.717, 1.165) is 11.3 Å². The summed E-state index contributed by atoms with van der Waals surface area (Å²) in [6.07, 6.45) is 0. The number of rotatable bonds is 2. The van der Waals surface area contributed by atoms with Crippen molar-refractivity contribution in [3.05, 3.63) is 44.9 Å². The second-order valence-electron chi connectivity index (χ2n) is 4.33. The highest BCUT2D eigenvalue weighted by atomic mass is 35.5. The van der Waals surface area contributed by atoms with E-state index in [1.54, 1.807) is 23.1 Å². The minimum absolute atomic E-state index is 0.0327. The van der Waals surface area contributed by atoms with E-state index in [0.29, 0.717) is 20.9 Å². The van der Waals surface area contributed by atoms with Gasteiger partial charge in [-0.2, -0.15) is 0 Å². The van der Waals surface area contributed by atoms with E-state index in [-0.39, 0.29) is 11.3 Å². The summed E-state index contributed by atoms with van der Waals surface area (Å²) in [6.45, 7) is 1.91. The number of carbonyl (C=O) groups is 1. The summed E-state index contributed by atoms with van der Waals surface area (Å²) < 4.78 is 0. The van der Waals surface area contributed by atoms with Crippen molar-refractivity contribution < 1.29 is 4.79 Å². The van der Waals surface area contributed by atoms with Gasteiger partial charge in [0.2, 0.25) is 5.91 Å². The summed E-state index contributed by atoms with van der Waals surface area (Å²) in [6, 6.07) is 5.38. The molecule has 20 heavy (non-hydrogen) atoms. The van der Waals surface area contributed by atoms with Crippen LogP contribution in [-0.2, 0) is 4.79 Å². The molecule has 0 saturated carbocycles. The molecule has 104 valence electrons. The van der Waals surface area contributed by atoms with Gasteiger partial charge in [0.05, 0.1) is 11.4 Å². The molecule has 1 fully saturated rings. The van der Waals surface area contributed by atoms with Gasteiger partial charge in [-0.3, -0.25) is 9.69 Å². The molecule has 0 spiro atoms. The molecule has 7 heteroatoms. The van der Waals surface area contributed by atoms with Gasteiger partial charge >= 0.3 is 0 Å². The number of halogens is 2.